The number of amides is 3. The number of nitrogens with one attached hydrogen (secondary N) is 2. The minimum absolute atomic E-state index is 0.337. The number of benzene rings is 2. The van der Waals surface area contributed by atoms with Gasteiger partial charge < -0.3 is 19.3 Å². The monoisotopic (exact) mass is 406 g/mol. The summed E-state index contributed by atoms with van der Waals surface area (Å²) in [7, 11) is 0. The average Bonchev–Trinajstić information content (AvgIpc) is 3.25. The first-order valence-electron chi connectivity index (χ1n) is 9.51. The van der Waals surface area contributed by atoms with Crippen LogP contribution in [0, 0.1) is 0 Å². The summed E-state index contributed by atoms with van der Waals surface area (Å²) >= 11 is 0. The van der Waals surface area contributed by atoms with E-state index >= 15 is 0 Å². The van der Waals surface area contributed by atoms with E-state index < -0.39 is 17.5 Å². The zero-order chi connectivity index (χ0) is 20.7. The molecule has 2 aromatic carbocycles. The molecule has 3 heterocycles. The Morgan fingerprint density at radius 3 is 2.63 bits per heavy atom. The molecule has 3 amide bonds. The molecule has 1 saturated heterocycles. The predicted octanol–water partition coefficient (Wildman–Crippen LogP) is 2.62. The average molecular weight is 406 g/mol. The van der Waals surface area contributed by atoms with Crippen molar-refractivity contribution >= 4 is 11.9 Å². The Bertz CT molecular complexity index is 1160. The third kappa shape index (κ3) is 3.04. The molecular formula is C21H18N4O5. The Labute approximate surface area is 171 Å². The number of hydrogen-bond acceptors (Lipinski definition) is 7. The number of fused-ring (bicyclic) bond motifs is 1. The molecule has 1 atom stereocenters. The quantitative estimate of drug-likeness (QED) is 0.643. The van der Waals surface area contributed by atoms with Gasteiger partial charge in [-0.25, -0.2) is 4.79 Å². The second-order valence-electron chi connectivity index (χ2n) is 7.25. The van der Waals surface area contributed by atoms with Gasteiger partial charge in [-0.15, -0.1) is 0 Å². The number of nitrogens with zero attached hydrogens (tertiary/aromatic N) is 2. The maximum absolute atomic E-state index is 12.2. The molecule has 5 rings (SSSR count). The molecule has 0 bridgehead atoms. The molecule has 152 valence electrons. The van der Waals surface area contributed by atoms with Crippen LogP contribution in [-0.2, 0) is 10.3 Å². The Kier molecular flexibility index (Phi) is 4.16. The molecule has 9 nitrogen and oxygen atoms in total. The predicted molar refractivity (Wildman–Crippen MR) is 105 cm³/mol. The van der Waals surface area contributed by atoms with Crippen LogP contribution in [0.15, 0.2) is 47.0 Å². The van der Waals surface area contributed by atoms with Crippen molar-refractivity contribution in [2.75, 3.05) is 13.2 Å². The second kappa shape index (κ2) is 6.87. The van der Waals surface area contributed by atoms with Crippen molar-refractivity contribution < 1.29 is 23.6 Å². The fourth-order valence-electron chi connectivity index (χ4n) is 3.47. The number of carbonyl (C=O) groups is 2. The van der Waals surface area contributed by atoms with Gasteiger partial charge in [0.1, 0.15) is 5.54 Å². The van der Waals surface area contributed by atoms with E-state index in [0.29, 0.717) is 53.1 Å². The van der Waals surface area contributed by atoms with Crippen LogP contribution in [0.4, 0.5) is 4.79 Å². The summed E-state index contributed by atoms with van der Waals surface area (Å²) in [6.45, 7) is 2.85. The molecule has 1 aromatic heterocycles. The smallest absolute Gasteiger partial charge is 0.322 e. The van der Waals surface area contributed by atoms with Crippen molar-refractivity contribution in [3.05, 3.63) is 48.0 Å². The first kappa shape index (κ1) is 18.2. The fraction of sp³-hybridized carbons (Fsp3) is 0.238. The Hall–Kier alpha value is -3.88. The molecule has 0 spiro atoms. The first-order chi connectivity index (χ1) is 14.5. The van der Waals surface area contributed by atoms with E-state index in [1.807, 2.05) is 24.3 Å². The van der Waals surface area contributed by atoms with Crippen molar-refractivity contribution in [1.29, 1.82) is 0 Å². The SMILES string of the molecule is CC1(c2cccc(-c3noc(-c4ccc5c(c4)OCCCO5)n3)c2)NC(=O)NC1=O. The second-order valence-corrected chi connectivity index (χ2v) is 7.25. The maximum Gasteiger partial charge on any atom is 0.322 e. The van der Waals surface area contributed by atoms with Crippen LogP contribution in [0.2, 0.25) is 0 Å². The molecule has 2 N–H and O–H groups in total. The van der Waals surface area contributed by atoms with Gasteiger partial charge in [0.2, 0.25) is 5.82 Å². The third-order valence-corrected chi connectivity index (χ3v) is 5.16. The van der Waals surface area contributed by atoms with E-state index in [4.69, 9.17) is 14.0 Å². The number of carbonyl (C=O) groups excluding carboxylic acids is 2. The highest BCUT2D eigenvalue weighted by atomic mass is 16.5. The van der Waals surface area contributed by atoms with Crippen molar-refractivity contribution in [2.45, 2.75) is 18.9 Å². The standard InChI is InChI=1S/C21H18N4O5/c1-21(19(26)23-20(27)24-21)14-5-2-4-12(10-14)17-22-18(30-25-17)13-6-7-15-16(11-13)29-9-3-8-28-15/h2,4-7,10-11H,3,8-9H2,1H3,(H2,23,24,26,27). The molecule has 0 radical (unpaired) electrons. The summed E-state index contributed by atoms with van der Waals surface area (Å²) in [5, 5.41) is 8.98. The molecule has 3 aromatic rings. The summed E-state index contributed by atoms with van der Waals surface area (Å²) in [6, 6.07) is 12.1. The number of urea groups is 1. The van der Waals surface area contributed by atoms with E-state index in [9.17, 15) is 9.59 Å². The first-order valence-corrected chi connectivity index (χ1v) is 9.51. The van der Waals surface area contributed by atoms with Gasteiger partial charge >= 0.3 is 6.03 Å². The van der Waals surface area contributed by atoms with Gasteiger partial charge in [0, 0.05) is 17.5 Å². The molecule has 0 saturated carbocycles. The molecule has 2 aliphatic heterocycles. The summed E-state index contributed by atoms with van der Waals surface area (Å²) in [6.07, 6.45) is 0.822. The number of imide groups is 1. The lowest BCUT2D eigenvalue weighted by Gasteiger charge is -2.21. The van der Waals surface area contributed by atoms with Crippen LogP contribution in [-0.4, -0.2) is 35.3 Å². The van der Waals surface area contributed by atoms with Gasteiger partial charge in [-0.05, 0) is 36.8 Å². The van der Waals surface area contributed by atoms with Gasteiger partial charge in [-0.2, -0.15) is 4.98 Å². The summed E-state index contributed by atoms with van der Waals surface area (Å²) in [4.78, 5) is 28.3. The van der Waals surface area contributed by atoms with Crippen molar-refractivity contribution in [1.82, 2.24) is 20.8 Å². The molecule has 0 aliphatic carbocycles. The van der Waals surface area contributed by atoms with Crippen molar-refractivity contribution in [3.8, 4) is 34.3 Å². The van der Waals surface area contributed by atoms with E-state index in [1.165, 1.54) is 0 Å². The van der Waals surface area contributed by atoms with Crippen LogP contribution in [0.5, 0.6) is 11.5 Å². The largest absolute Gasteiger partial charge is 0.490 e. The number of ether oxygens (including phenoxy) is 2. The summed E-state index contributed by atoms with van der Waals surface area (Å²) in [5.41, 5.74) is 0.828. The lowest BCUT2D eigenvalue weighted by Crippen LogP contribution is -2.40. The highest BCUT2D eigenvalue weighted by Crippen LogP contribution is 2.34. The third-order valence-electron chi connectivity index (χ3n) is 5.16. The Morgan fingerprint density at radius 2 is 1.83 bits per heavy atom. The molecule has 30 heavy (non-hydrogen) atoms. The Balaban J connectivity index is 1.46. The molecular weight excluding hydrogens is 388 g/mol. The normalized spacial score (nSPS) is 20.4. The van der Waals surface area contributed by atoms with Crippen LogP contribution < -0.4 is 20.1 Å². The minimum atomic E-state index is -1.16. The maximum atomic E-state index is 12.2. The zero-order valence-corrected chi connectivity index (χ0v) is 16.1. The van der Waals surface area contributed by atoms with E-state index in [-0.39, 0.29) is 0 Å². The zero-order valence-electron chi connectivity index (χ0n) is 16.1. The van der Waals surface area contributed by atoms with E-state index in [2.05, 4.69) is 20.8 Å². The van der Waals surface area contributed by atoms with E-state index in [1.54, 1.807) is 25.1 Å². The van der Waals surface area contributed by atoms with Crippen LogP contribution in [0.25, 0.3) is 22.8 Å². The molecule has 1 unspecified atom stereocenters. The lowest BCUT2D eigenvalue weighted by atomic mass is 9.91. The highest BCUT2D eigenvalue weighted by molar-refractivity contribution is 6.07. The topological polar surface area (TPSA) is 116 Å². The van der Waals surface area contributed by atoms with Gasteiger partial charge in [-0.1, -0.05) is 23.4 Å². The fourth-order valence-corrected chi connectivity index (χ4v) is 3.47. The molecule has 1 fully saturated rings. The van der Waals surface area contributed by atoms with Crippen molar-refractivity contribution in [3.63, 3.8) is 0 Å². The Morgan fingerprint density at radius 1 is 1.00 bits per heavy atom. The minimum Gasteiger partial charge on any atom is -0.490 e. The molecule has 9 heteroatoms. The summed E-state index contributed by atoms with van der Waals surface area (Å²) < 4.78 is 16.8. The van der Waals surface area contributed by atoms with Crippen LogP contribution >= 0.6 is 0 Å². The summed E-state index contributed by atoms with van der Waals surface area (Å²) in [5.74, 6) is 1.62. The van der Waals surface area contributed by atoms with Crippen LogP contribution in [0.3, 0.4) is 0 Å². The van der Waals surface area contributed by atoms with Gasteiger partial charge in [0.15, 0.2) is 11.5 Å². The molecule has 2 aliphatic rings. The van der Waals surface area contributed by atoms with Gasteiger partial charge in [-0.3, -0.25) is 10.1 Å². The van der Waals surface area contributed by atoms with Crippen LogP contribution in [0.1, 0.15) is 18.9 Å². The van der Waals surface area contributed by atoms with E-state index in [0.717, 1.165) is 6.42 Å². The van der Waals surface area contributed by atoms with Gasteiger partial charge in [0.05, 0.1) is 13.2 Å². The van der Waals surface area contributed by atoms with Crippen molar-refractivity contribution in [2.24, 2.45) is 0 Å². The lowest BCUT2D eigenvalue weighted by molar-refractivity contribution is -0.123. The number of hydrogen-bond donors (Lipinski definition) is 2. The highest BCUT2D eigenvalue weighted by Gasteiger charge is 2.43. The van der Waals surface area contributed by atoms with Gasteiger partial charge in [0.25, 0.3) is 11.8 Å². The number of aromatic nitrogens is 2. The number of rotatable bonds is 3.